The molecule has 1 aliphatic rings. The average molecular weight is 360 g/mol. The molecule has 2 heterocycles. The molecule has 24 heavy (non-hydrogen) atoms. The fourth-order valence-corrected chi connectivity index (χ4v) is 3.20. The van der Waals surface area contributed by atoms with Crippen LogP contribution in [0.25, 0.3) is 0 Å². The Balaban J connectivity index is 1.81. The van der Waals surface area contributed by atoms with E-state index in [1.165, 1.54) is 10.4 Å². The number of rotatable bonds is 9. The molecule has 1 aliphatic heterocycles. The van der Waals surface area contributed by atoms with Crippen LogP contribution in [-0.4, -0.2) is 63.3 Å². The molecule has 2 rings (SSSR count). The zero-order valence-corrected chi connectivity index (χ0v) is 15.0. The summed E-state index contributed by atoms with van der Waals surface area (Å²) < 4.78 is 37.0. The number of allylic oxidation sites excluding steroid dienone is 1. The van der Waals surface area contributed by atoms with Gasteiger partial charge in [0.25, 0.3) is 0 Å². The van der Waals surface area contributed by atoms with Crippen molar-refractivity contribution in [3.05, 3.63) is 17.6 Å². The fraction of sp³-hybridized carbons (Fsp3) is 0.769. The van der Waals surface area contributed by atoms with Crippen LogP contribution < -0.4 is 0 Å². The molecule has 0 saturated heterocycles. The summed E-state index contributed by atoms with van der Waals surface area (Å²) >= 11 is 0. The van der Waals surface area contributed by atoms with Crippen LogP contribution in [-0.2, 0) is 21.6 Å². The third kappa shape index (κ3) is 5.23. The number of hydrogen-bond donors (Lipinski definition) is 1. The molecule has 0 radical (unpaired) electrons. The summed E-state index contributed by atoms with van der Waals surface area (Å²) in [6, 6.07) is 0. The van der Waals surface area contributed by atoms with E-state index in [0.29, 0.717) is 6.42 Å². The summed E-state index contributed by atoms with van der Waals surface area (Å²) in [4.78, 5) is 0. The van der Waals surface area contributed by atoms with Gasteiger partial charge < -0.3 is 5.01 Å². The molecule has 10 nitrogen and oxygen atoms in total. The van der Waals surface area contributed by atoms with Crippen molar-refractivity contribution in [2.75, 3.05) is 20.1 Å². The maximum Gasteiger partial charge on any atom is 0.398 e. The first-order valence-electron chi connectivity index (χ1n) is 7.81. The molecule has 1 atom stereocenters. The van der Waals surface area contributed by atoms with Crippen molar-refractivity contribution in [1.29, 1.82) is 0 Å². The van der Waals surface area contributed by atoms with Crippen molar-refractivity contribution in [3.8, 4) is 0 Å². The molecule has 0 fully saturated rings. The van der Waals surface area contributed by atoms with E-state index in [1.807, 2.05) is 7.05 Å². The number of tetrazole rings is 1. The highest BCUT2D eigenvalue weighted by Gasteiger charge is 2.24. The summed E-state index contributed by atoms with van der Waals surface area (Å²) in [7, 11) is -0.931. The fourth-order valence-electron chi connectivity index (χ4n) is 2.73. The van der Waals surface area contributed by atoms with Gasteiger partial charge >= 0.3 is 10.4 Å². The van der Waals surface area contributed by atoms with E-state index in [2.05, 4.69) is 38.5 Å². The molecule has 0 spiro atoms. The molecular formula is C13H24N6O4S. The van der Waals surface area contributed by atoms with E-state index in [-0.39, 0.29) is 5.82 Å². The van der Waals surface area contributed by atoms with Crippen LogP contribution in [0.5, 0.6) is 0 Å². The minimum Gasteiger partial charge on any atom is -0.310 e. The van der Waals surface area contributed by atoms with Gasteiger partial charge in [-0.15, -0.1) is 5.10 Å². The third-order valence-electron chi connectivity index (χ3n) is 3.99. The van der Waals surface area contributed by atoms with Crippen LogP contribution in [0.1, 0.15) is 44.5 Å². The Bertz CT molecular complexity index is 674. The quantitative estimate of drug-likeness (QED) is 0.502. The van der Waals surface area contributed by atoms with Crippen molar-refractivity contribution in [1.82, 2.24) is 30.2 Å². The van der Waals surface area contributed by atoms with Gasteiger partial charge in [0.15, 0.2) is 5.82 Å². The summed E-state index contributed by atoms with van der Waals surface area (Å²) in [6.45, 7) is 3.92. The number of likely N-dealkylation sites (N-methyl/N-ethyl adjacent to an activating group) is 1. The Morgan fingerprint density at radius 3 is 2.62 bits per heavy atom. The van der Waals surface area contributed by atoms with Crippen LogP contribution in [0.4, 0.5) is 0 Å². The summed E-state index contributed by atoms with van der Waals surface area (Å²) in [5.41, 5.74) is 1.25. The maximum absolute atomic E-state index is 11.0. The first-order chi connectivity index (χ1) is 11.3. The van der Waals surface area contributed by atoms with Crippen molar-refractivity contribution < 1.29 is 17.2 Å². The summed E-state index contributed by atoms with van der Waals surface area (Å²) in [5, 5.41) is 15.3. The first kappa shape index (κ1) is 18.8. The zero-order chi connectivity index (χ0) is 17.7. The molecule has 11 heteroatoms. The number of aromatic nitrogens is 4. The first-order valence-corrected chi connectivity index (χ1v) is 9.17. The van der Waals surface area contributed by atoms with Crippen molar-refractivity contribution in [3.63, 3.8) is 0 Å². The highest BCUT2D eigenvalue weighted by molar-refractivity contribution is 7.80. The monoisotopic (exact) mass is 360 g/mol. The second-order valence-electron chi connectivity index (χ2n) is 5.83. The van der Waals surface area contributed by atoms with Gasteiger partial charge in [-0.3, -0.25) is 4.55 Å². The highest BCUT2D eigenvalue weighted by Crippen LogP contribution is 2.23. The predicted octanol–water partition coefficient (Wildman–Crippen LogP) is 0.697. The van der Waals surface area contributed by atoms with Crippen LogP contribution in [0.2, 0.25) is 0 Å². The van der Waals surface area contributed by atoms with E-state index < -0.39 is 16.5 Å². The summed E-state index contributed by atoms with van der Waals surface area (Å²) in [6.07, 6.45) is 4.28. The largest absolute Gasteiger partial charge is 0.398 e. The topological polar surface area (TPSA) is 114 Å². The number of aryl methyl sites for hydroxylation is 1. The van der Waals surface area contributed by atoms with Gasteiger partial charge in [0, 0.05) is 32.9 Å². The second-order valence-corrected chi connectivity index (χ2v) is 6.88. The lowest BCUT2D eigenvalue weighted by Crippen LogP contribution is -2.34. The Hall–Kier alpha value is -1.56. The van der Waals surface area contributed by atoms with Crippen LogP contribution >= 0.6 is 0 Å². The minimum absolute atomic E-state index is 0.269. The van der Waals surface area contributed by atoms with Gasteiger partial charge in [-0.25, -0.2) is 13.9 Å². The molecule has 0 aromatic carbocycles. The van der Waals surface area contributed by atoms with Gasteiger partial charge in [-0.2, -0.15) is 8.42 Å². The molecule has 0 saturated carbocycles. The maximum atomic E-state index is 11.0. The SMILES string of the molecule is CC1=CCN(C)N1CCCCCC(OS(=O)(=O)O)c1nnnn1C. The number of unbranched alkanes of at least 4 members (excludes halogenated alkanes) is 2. The van der Waals surface area contributed by atoms with Crippen LogP contribution in [0, 0.1) is 0 Å². The van der Waals surface area contributed by atoms with Gasteiger partial charge in [-0.1, -0.05) is 12.8 Å². The Kier molecular flexibility index (Phi) is 6.27. The van der Waals surface area contributed by atoms with Crippen molar-refractivity contribution in [2.45, 2.75) is 38.7 Å². The Morgan fingerprint density at radius 2 is 2.08 bits per heavy atom. The van der Waals surface area contributed by atoms with Crippen molar-refractivity contribution >= 4 is 10.4 Å². The third-order valence-corrected chi connectivity index (χ3v) is 4.46. The Morgan fingerprint density at radius 1 is 1.33 bits per heavy atom. The normalized spacial score (nSPS) is 17.3. The number of hydrogen-bond acceptors (Lipinski definition) is 8. The standard InChI is InChI=1S/C13H24N6O4S/c1-11-8-10-17(2)19(11)9-6-4-5-7-12(23-24(20,21)22)13-14-15-16-18(13)3/h8,12H,4-7,9-10H2,1-3H3,(H,20,21,22). The molecule has 0 bridgehead atoms. The lowest BCUT2D eigenvalue weighted by molar-refractivity contribution is 0.0679. The number of nitrogens with zero attached hydrogens (tertiary/aromatic N) is 6. The van der Waals surface area contributed by atoms with E-state index in [1.54, 1.807) is 7.05 Å². The van der Waals surface area contributed by atoms with Gasteiger partial charge in [0.1, 0.15) is 6.10 Å². The minimum atomic E-state index is -4.57. The smallest absolute Gasteiger partial charge is 0.310 e. The van der Waals surface area contributed by atoms with E-state index in [9.17, 15) is 8.42 Å². The van der Waals surface area contributed by atoms with Gasteiger partial charge in [0.05, 0.1) is 0 Å². The van der Waals surface area contributed by atoms with Gasteiger partial charge in [0.2, 0.25) is 0 Å². The molecule has 1 N–H and O–H groups in total. The molecule has 0 amide bonds. The van der Waals surface area contributed by atoms with Gasteiger partial charge in [-0.05, 0) is 36.3 Å². The van der Waals surface area contributed by atoms with E-state index in [0.717, 1.165) is 32.4 Å². The average Bonchev–Trinajstić information content (AvgIpc) is 3.04. The predicted molar refractivity (Wildman–Crippen MR) is 85.7 cm³/mol. The molecule has 136 valence electrons. The summed E-state index contributed by atoms with van der Waals surface area (Å²) in [5.74, 6) is 0.269. The van der Waals surface area contributed by atoms with E-state index >= 15 is 0 Å². The Labute approximate surface area is 142 Å². The lowest BCUT2D eigenvalue weighted by Gasteiger charge is -2.28. The molecule has 1 aromatic rings. The second kappa shape index (κ2) is 8.01. The molecule has 0 aliphatic carbocycles. The van der Waals surface area contributed by atoms with Crippen molar-refractivity contribution in [2.24, 2.45) is 7.05 Å². The molecular weight excluding hydrogens is 336 g/mol. The van der Waals surface area contributed by atoms with Crippen LogP contribution in [0.15, 0.2) is 11.8 Å². The zero-order valence-electron chi connectivity index (χ0n) is 14.2. The molecule has 1 unspecified atom stereocenters. The van der Waals surface area contributed by atoms with E-state index in [4.69, 9.17) is 8.74 Å². The van der Waals surface area contributed by atoms with Crippen LogP contribution in [0.3, 0.4) is 0 Å². The number of hydrazine groups is 1. The molecule has 1 aromatic heterocycles. The highest BCUT2D eigenvalue weighted by atomic mass is 32.3. The lowest BCUT2D eigenvalue weighted by atomic mass is 10.1.